The Morgan fingerprint density at radius 3 is 2.67 bits per heavy atom. The summed E-state index contributed by atoms with van der Waals surface area (Å²) in [7, 11) is 0. The number of anilines is 3. The summed E-state index contributed by atoms with van der Waals surface area (Å²) in [5, 5.41) is 5.59. The van der Waals surface area contributed by atoms with Gasteiger partial charge in [-0.1, -0.05) is 36.4 Å². The number of fused-ring (bicyclic) bond motifs is 1. The highest BCUT2D eigenvalue weighted by molar-refractivity contribution is 5.95. The summed E-state index contributed by atoms with van der Waals surface area (Å²) < 4.78 is 0. The van der Waals surface area contributed by atoms with Crippen molar-refractivity contribution in [2.45, 2.75) is 0 Å². The lowest BCUT2D eigenvalue weighted by atomic mass is 10.1. The van der Waals surface area contributed by atoms with Crippen LogP contribution in [0.3, 0.4) is 0 Å². The number of benzene rings is 2. The van der Waals surface area contributed by atoms with Crippen LogP contribution in [0, 0.1) is 0 Å². The minimum Gasteiger partial charge on any atom is -0.384 e. The van der Waals surface area contributed by atoms with Crippen LogP contribution in [0.4, 0.5) is 17.3 Å². The molecule has 0 spiro atoms. The fourth-order valence-electron chi connectivity index (χ4n) is 1.91. The van der Waals surface area contributed by atoms with E-state index in [2.05, 4.69) is 33.5 Å². The highest BCUT2D eigenvalue weighted by Crippen LogP contribution is 2.25. The van der Waals surface area contributed by atoms with Crippen LogP contribution in [0.2, 0.25) is 0 Å². The molecular weight excluding hydrogens is 224 g/mol. The largest absolute Gasteiger partial charge is 0.384 e. The topological polar surface area (TPSA) is 63.8 Å². The van der Waals surface area contributed by atoms with E-state index in [1.807, 2.05) is 24.3 Å². The van der Waals surface area contributed by atoms with E-state index in [4.69, 9.17) is 5.73 Å². The zero-order chi connectivity index (χ0) is 12.4. The maximum atomic E-state index is 5.63. The standard InChI is InChI=1S/C14H12N4/c15-13-8-14(17-9-16-13)18-12-7-3-5-10-4-1-2-6-11(10)12/h1-9H,(H3,15,16,17,18). The summed E-state index contributed by atoms with van der Waals surface area (Å²) in [6, 6.07) is 16.0. The lowest BCUT2D eigenvalue weighted by molar-refractivity contribution is 1.18. The van der Waals surface area contributed by atoms with Gasteiger partial charge in [-0.25, -0.2) is 9.97 Å². The minimum atomic E-state index is 0.452. The molecule has 0 aliphatic heterocycles. The summed E-state index contributed by atoms with van der Waals surface area (Å²) in [5.74, 6) is 1.14. The third kappa shape index (κ3) is 1.96. The minimum absolute atomic E-state index is 0.452. The maximum absolute atomic E-state index is 5.63. The molecule has 1 heterocycles. The first-order chi connectivity index (χ1) is 8.83. The van der Waals surface area contributed by atoms with Gasteiger partial charge in [0.25, 0.3) is 0 Å². The van der Waals surface area contributed by atoms with Gasteiger partial charge in [0.05, 0.1) is 0 Å². The molecule has 1 aromatic heterocycles. The molecule has 4 heteroatoms. The monoisotopic (exact) mass is 236 g/mol. The molecule has 3 aromatic rings. The number of rotatable bonds is 2. The Bertz CT molecular complexity index is 689. The van der Waals surface area contributed by atoms with Crippen LogP contribution in [-0.2, 0) is 0 Å². The first kappa shape index (κ1) is 10.5. The molecular formula is C14H12N4. The summed E-state index contributed by atoms with van der Waals surface area (Å²) in [6.07, 6.45) is 1.45. The molecule has 0 aliphatic carbocycles. The smallest absolute Gasteiger partial charge is 0.135 e. The molecule has 4 nitrogen and oxygen atoms in total. The molecule has 0 aliphatic rings. The van der Waals surface area contributed by atoms with Gasteiger partial charge in [0.1, 0.15) is 18.0 Å². The molecule has 3 rings (SSSR count). The van der Waals surface area contributed by atoms with E-state index >= 15 is 0 Å². The van der Waals surface area contributed by atoms with Crippen LogP contribution in [0.15, 0.2) is 54.9 Å². The molecule has 0 fully saturated rings. The second-order valence-corrected chi connectivity index (χ2v) is 3.98. The first-order valence-electron chi connectivity index (χ1n) is 5.65. The Morgan fingerprint density at radius 2 is 1.78 bits per heavy atom. The number of nitrogens with zero attached hydrogens (tertiary/aromatic N) is 2. The average molecular weight is 236 g/mol. The molecule has 0 radical (unpaired) electrons. The van der Waals surface area contributed by atoms with Gasteiger partial charge in [0.15, 0.2) is 0 Å². The van der Waals surface area contributed by atoms with Gasteiger partial charge >= 0.3 is 0 Å². The number of nitrogens with two attached hydrogens (primary N) is 1. The molecule has 18 heavy (non-hydrogen) atoms. The molecule has 88 valence electrons. The van der Waals surface area contributed by atoms with E-state index in [1.54, 1.807) is 6.07 Å². The van der Waals surface area contributed by atoms with Crippen LogP contribution in [-0.4, -0.2) is 9.97 Å². The second-order valence-electron chi connectivity index (χ2n) is 3.98. The lowest BCUT2D eigenvalue weighted by Gasteiger charge is -2.09. The van der Waals surface area contributed by atoms with Gasteiger partial charge in [-0.15, -0.1) is 0 Å². The zero-order valence-electron chi connectivity index (χ0n) is 9.67. The molecule has 0 unspecified atom stereocenters. The number of hydrogen-bond acceptors (Lipinski definition) is 4. The van der Waals surface area contributed by atoms with Crippen LogP contribution >= 0.6 is 0 Å². The zero-order valence-corrected chi connectivity index (χ0v) is 9.67. The number of hydrogen-bond donors (Lipinski definition) is 2. The van der Waals surface area contributed by atoms with Crippen molar-refractivity contribution in [1.82, 2.24) is 9.97 Å². The third-order valence-electron chi connectivity index (χ3n) is 2.74. The van der Waals surface area contributed by atoms with E-state index in [0.29, 0.717) is 11.6 Å². The van der Waals surface area contributed by atoms with Crippen LogP contribution < -0.4 is 11.1 Å². The van der Waals surface area contributed by atoms with Gasteiger partial charge in [-0.3, -0.25) is 0 Å². The summed E-state index contributed by atoms with van der Waals surface area (Å²) in [6.45, 7) is 0. The number of aromatic nitrogens is 2. The van der Waals surface area contributed by atoms with Crippen molar-refractivity contribution in [3.8, 4) is 0 Å². The fraction of sp³-hybridized carbons (Fsp3) is 0. The van der Waals surface area contributed by atoms with E-state index in [1.165, 1.54) is 11.7 Å². The SMILES string of the molecule is Nc1cc(Nc2cccc3ccccc23)ncn1. The van der Waals surface area contributed by atoms with Crippen LogP contribution in [0.25, 0.3) is 10.8 Å². The van der Waals surface area contributed by atoms with E-state index < -0.39 is 0 Å². The highest BCUT2D eigenvalue weighted by Gasteiger charge is 2.01. The van der Waals surface area contributed by atoms with Crippen LogP contribution in [0.1, 0.15) is 0 Å². The predicted octanol–water partition coefficient (Wildman–Crippen LogP) is 2.96. The Morgan fingerprint density at radius 1 is 0.944 bits per heavy atom. The number of nitrogens with one attached hydrogen (secondary N) is 1. The van der Waals surface area contributed by atoms with E-state index in [9.17, 15) is 0 Å². The van der Waals surface area contributed by atoms with E-state index in [0.717, 1.165) is 11.1 Å². The highest BCUT2D eigenvalue weighted by atomic mass is 15.0. The summed E-state index contributed by atoms with van der Waals surface area (Å²) in [4.78, 5) is 8.01. The van der Waals surface area contributed by atoms with Crippen molar-refractivity contribution >= 4 is 28.1 Å². The Hall–Kier alpha value is -2.62. The summed E-state index contributed by atoms with van der Waals surface area (Å²) >= 11 is 0. The van der Waals surface area contributed by atoms with E-state index in [-0.39, 0.29) is 0 Å². The van der Waals surface area contributed by atoms with Gasteiger partial charge in [0.2, 0.25) is 0 Å². The Labute approximate surface area is 104 Å². The normalized spacial score (nSPS) is 10.4. The third-order valence-corrected chi connectivity index (χ3v) is 2.74. The van der Waals surface area contributed by atoms with Crippen LogP contribution in [0.5, 0.6) is 0 Å². The lowest BCUT2D eigenvalue weighted by Crippen LogP contribution is -1.97. The van der Waals surface area contributed by atoms with Crippen molar-refractivity contribution < 1.29 is 0 Å². The van der Waals surface area contributed by atoms with Crippen molar-refractivity contribution in [1.29, 1.82) is 0 Å². The number of nitrogen functional groups attached to an aromatic ring is 1. The van der Waals surface area contributed by atoms with Crippen molar-refractivity contribution in [2.24, 2.45) is 0 Å². The predicted molar refractivity (Wildman–Crippen MR) is 73.7 cm³/mol. The first-order valence-corrected chi connectivity index (χ1v) is 5.65. The molecule has 0 saturated heterocycles. The fourth-order valence-corrected chi connectivity index (χ4v) is 1.91. The molecule has 2 aromatic carbocycles. The van der Waals surface area contributed by atoms with Gasteiger partial charge in [0, 0.05) is 17.1 Å². The average Bonchev–Trinajstić information content (AvgIpc) is 2.39. The molecule has 3 N–H and O–H groups in total. The van der Waals surface area contributed by atoms with Gasteiger partial charge < -0.3 is 11.1 Å². The molecule has 0 amide bonds. The van der Waals surface area contributed by atoms with Gasteiger partial charge in [-0.05, 0) is 11.5 Å². The second kappa shape index (κ2) is 4.33. The Balaban J connectivity index is 2.05. The summed E-state index contributed by atoms with van der Waals surface area (Å²) in [5.41, 5.74) is 6.64. The molecule has 0 atom stereocenters. The van der Waals surface area contributed by atoms with Crippen molar-refractivity contribution in [3.63, 3.8) is 0 Å². The molecule has 0 saturated carbocycles. The van der Waals surface area contributed by atoms with Crippen molar-refractivity contribution in [3.05, 3.63) is 54.9 Å². The molecule has 0 bridgehead atoms. The van der Waals surface area contributed by atoms with Gasteiger partial charge in [-0.2, -0.15) is 0 Å². The maximum Gasteiger partial charge on any atom is 0.135 e. The Kier molecular flexibility index (Phi) is 2.53. The quantitative estimate of drug-likeness (QED) is 0.718. The van der Waals surface area contributed by atoms with Crippen molar-refractivity contribution in [2.75, 3.05) is 11.1 Å².